The van der Waals surface area contributed by atoms with E-state index in [1.807, 2.05) is 48.8 Å². The van der Waals surface area contributed by atoms with Gasteiger partial charge in [0.15, 0.2) is 5.65 Å². The molecule has 5 aromatic rings. The molecule has 0 aliphatic rings. The number of imidazole rings is 1. The summed E-state index contributed by atoms with van der Waals surface area (Å²) in [4.78, 5) is 12.3. The lowest BCUT2D eigenvalue weighted by atomic mass is 10.1. The second kappa shape index (κ2) is 5.85. The number of nitrogens with zero attached hydrogens (tertiary/aromatic N) is 6. The van der Waals surface area contributed by atoms with Gasteiger partial charge in [0.25, 0.3) is 0 Å². The Labute approximate surface area is 152 Å². The molecule has 126 valence electrons. The molecule has 1 aromatic carbocycles. The Bertz CT molecular complexity index is 1170. The van der Waals surface area contributed by atoms with Crippen molar-refractivity contribution in [3.8, 4) is 33.9 Å². The van der Waals surface area contributed by atoms with Crippen LogP contribution in [0.25, 0.3) is 45.1 Å². The van der Waals surface area contributed by atoms with Crippen LogP contribution in [0.5, 0.6) is 0 Å². The highest BCUT2D eigenvalue weighted by atomic mass is 32.1. The molecule has 0 spiro atoms. The molecular formula is C18H13N7S. The van der Waals surface area contributed by atoms with Crippen molar-refractivity contribution in [1.82, 2.24) is 34.3 Å². The number of H-pyrrole nitrogens is 1. The van der Waals surface area contributed by atoms with E-state index in [-0.39, 0.29) is 0 Å². The Balaban J connectivity index is 1.58. The first-order valence-corrected chi connectivity index (χ1v) is 8.84. The third kappa shape index (κ3) is 2.39. The molecule has 1 N–H and O–H groups in total. The van der Waals surface area contributed by atoms with Gasteiger partial charge in [-0.25, -0.2) is 9.67 Å². The first-order chi connectivity index (χ1) is 12.8. The number of fused-ring (bicyclic) bond motifs is 1. The first-order valence-electron chi connectivity index (χ1n) is 8.00. The number of aryl methyl sites for hydroxylation is 1. The molecule has 0 aliphatic carbocycles. The van der Waals surface area contributed by atoms with Crippen LogP contribution in [0.15, 0.2) is 54.2 Å². The number of aromatic amines is 1. The lowest BCUT2D eigenvalue weighted by Gasteiger charge is -2.00. The fourth-order valence-corrected chi connectivity index (χ4v) is 3.41. The van der Waals surface area contributed by atoms with Gasteiger partial charge in [-0.15, -0.1) is 5.10 Å². The predicted molar refractivity (Wildman–Crippen MR) is 100 cm³/mol. The zero-order chi connectivity index (χ0) is 17.5. The normalized spacial score (nSPS) is 11.3. The number of hydrogen-bond acceptors (Lipinski definition) is 6. The number of hydrogen-bond donors (Lipinski definition) is 1. The van der Waals surface area contributed by atoms with E-state index in [9.17, 15) is 0 Å². The van der Waals surface area contributed by atoms with Gasteiger partial charge in [0.2, 0.25) is 0 Å². The molecule has 4 heterocycles. The van der Waals surface area contributed by atoms with Crippen molar-refractivity contribution in [1.29, 1.82) is 0 Å². The van der Waals surface area contributed by atoms with Gasteiger partial charge in [-0.05, 0) is 23.7 Å². The fraction of sp³-hybridized carbons (Fsp3) is 0.0556. The topological polar surface area (TPSA) is 85.2 Å². The standard InChI is InChI=1S/C18H13N7S/c1-25-18-16(15(23-25)13-3-2-8-19-9-13)20-17(21-18)12-6-4-11(5-7-12)14-10-26-24-22-14/h2-10H,1H3,(H,20,21). The Morgan fingerprint density at radius 3 is 2.62 bits per heavy atom. The van der Waals surface area contributed by atoms with E-state index >= 15 is 0 Å². The van der Waals surface area contributed by atoms with Crippen molar-refractivity contribution in [2.45, 2.75) is 0 Å². The maximum atomic E-state index is 4.72. The van der Waals surface area contributed by atoms with Crippen LogP contribution in [0.1, 0.15) is 0 Å². The highest BCUT2D eigenvalue weighted by Crippen LogP contribution is 2.29. The average Bonchev–Trinajstić information content (AvgIpc) is 3.41. The van der Waals surface area contributed by atoms with Crippen LogP contribution in [0.2, 0.25) is 0 Å². The van der Waals surface area contributed by atoms with Gasteiger partial charge in [-0.2, -0.15) is 5.10 Å². The van der Waals surface area contributed by atoms with E-state index < -0.39 is 0 Å². The fourth-order valence-electron chi connectivity index (χ4n) is 2.94. The molecule has 0 radical (unpaired) electrons. The Morgan fingerprint density at radius 2 is 1.88 bits per heavy atom. The monoisotopic (exact) mass is 359 g/mol. The maximum absolute atomic E-state index is 4.72. The van der Waals surface area contributed by atoms with Gasteiger partial charge >= 0.3 is 0 Å². The van der Waals surface area contributed by atoms with E-state index in [4.69, 9.17) is 4.98 Å². The summed E-state index contributed by atoms with van der Waals surface area (Å²) in [6.07, 6.45) is 3.56. The molecule has 4 aromatic heterocycles. The van der Waals surface area contributed by atoms with E-state index in [0.717, 1.165) is 45.1 Å². The number of pyridine rings is 1. The van der Waals surface area contributed by atoms with Crippen molar-refractivity contribution in [3.05, 3.63) is 54.2 Å². The minimum absolute atomic E-state index is 0.807. The van der Waals surface area contributed by atoms with Crippen LogP contribution < -0.4 is 0 Å². The van der Waals surface area contributed by atoms with Crippen LogP contribution in [-0.4, -0.2) is 34.3 Å². The molecule has 0 saturated carbocycles. The SMILES string of the molecule is Cn1nc(-c2cccnc2)c2[nH]c(-c3ccc(-c4csnn4)cc3)nc21. The molecule has 0 bridgehead atoms. The lowest BCUT2D eigenvalue weighted by molar-refractivity contribution is 0.790. The van der Waals surface area contributed by atoms with E-state index in [1.165, 1.54) is 11.5 Å². The van der Waals surface area contributed by atoms with Crippen molar-refractivity contribution >= 4 is 22.7 Å². The smallest absolute Gasteiger partial charge is 0.177 e. The van der Waals surface area contributed by atoms with Crippen LogP contribution in [0, 0.1) is 0 Å². The van der Waals surface area contributed by atoms with Gasteiger partial charge in [0.05, 0.1) is 0 Å². The van der Waals surface area contributed by atoms with Gasteiger partial charge in [0, 0.05) is 41.5 Å². The Kier molecular flexibility index (Phi) is 3.36. The van der Waals surface area contributed by atoms with Gasteiger partial charge in [-0.3, -0.25) is 4.98 Å². The molecule has 0 atom stereocenters. The minimum atomic E-state index is 0.807. The highest BCUT2D eigenvalue weighted by Gasteiger charge is 2.16. The molecule has 26 heavy (non-hydrogen) atoms. The highest BCUT2D eigenvalue weighted by molar-refractivity contribution is 7.03. The average molecular weight is 359 g/mol. The second-order valence-corrected chi connectivity index (χ2v) is 6.48. The molecule has 0 fully saturated rings. The molecule has 0 amide bonds. The van der Waals surface area contributed by atoms with Crippen LogP contribution >= 0.6 is 11.5 Å². The van der Waals surface area contributed by atoms with E-state index in [0.29, 0.717) is 0 Å². The molecule has 5 rings (SSSR count). The molecule has 7 nitrogen and oxygen atoms in total. The summed E-state index contributed by atoms with van der Waals surface area (Å²) in [6, 6.07) is 12.0. The van der Waals surface area contributed by atoms with Crippen molar-refractivity contribution in [2.24, 2.45) is 7.05 Å². The molecule has 8 heteroatoms. The number of benzene rings is 1. The van der Waals surface area contributed by atoms with Gasteiger partial charge < -0.3 is 4.98 Å². The third-order valence-corrected chi connectivity index (χ3v) is 4.73. The molecule has 0 unspecified atom stereocenters. The maximum Gasteiger partial charge on any atom is 0.177 e. The van der Waals surface area contributed by atoms with Crippen molar-refractivity contribution in [3.63, 3.8) is 0 Å². The summed E-state index contributed by atoms with van der Waals surface area (Å²) >= 11 is 1.35. The van der Waals surface area contributed by atoms with Gasteiger partial charge in [0.1, 0.15) is 22.7 Å². The molecule has 0 aliphatic heterocycles. The largest absolute Gasteiger partial charge is 0.335 e. The number of nitrogens with one attached hydrogen (secondary N) is 1. The predicted octanol–water partition coefficient (Wildman–Crippen LogP) is 3.54. The minimum Gasteiger partial charge on any atom is -0.335 e. The number of rotatable bonds is 3. The van der Waals surface area contributed by atoms with E-state index in [1.54, 1.807) is 17.1 Å². The zero-order valence-corrected chi connectivity index (χ0v) is 14.6. The van der Waals surface area contributed by atoms with Crippen molar-refractivity contribution < 1.29 is 0 Å². The summed E-state index contributed by atoms with van der Waals surface area (Å²) in [7, 11) is 1.89. The van der Waals surface area contributed by atoms with Crippen LogP contribution in [0.3, 0.4) is 0 Å². The summed E-state index contributed by atoms with van der Waals surface area (Å²) in [5.41, 5.74) is 6.45. The second-order valence-electron chi connectivity index (χ2n) is 5.87. The zero-order valence-electron chi connectivity index (χ0n) is 13.8. The van der Waals surface area contributed by atoms with Crippen LogP contribution in [-0.2, 0) is 7.05 Å². The third-order valence-electron chi connectivity index (χ3n) is 4.23. The first kappa shape index (κ1) is 14.9. The summed E-state index contributed by atoms with van der Waals surface area (Å²) in [5.74, 6) is 0.807. The summed E-state index contributed by atoms with van der Waals surface area (Å²) < 4.78 is 5.69. The summed E-state index contributed by atoms with van der Waals surface area (Å²) in [5, 5.41) is 10.6. The quantitative estimate of drug-likeness (QED) is 0.532. The Morgan fingerprint density at radius 1 is 1.04 bits per heavy atom. The van der Waals surface area contributed by atoms with Crippen LogP contribution in [0.4, 0.5) is 0 Å². The van der Waals surface area contributed by atoms with Crippen molar-refractivity contribution in [2.75, 3.05) is 0 Å². The summed E-state index contributed by atoms with van der Waals surface area (Å²) in [6.45, 7) is 0. The molecule has 0 saturated heterocycles. The van der Waals surface area contributed by atoms with E-state index in [2.05, 4.69) is 24.7 Å². The number of aromatic nitrogens is 7. The van der Waals surface area contributed by atoms with Gasteiger partial charge in [-0.1, -0.05) is 28.8 Å². The molecular weight excluding hydrogens is 346 g/mol. The lowest BCUT2D eigenvalue weighted by Crippen LogP contribution is -1.92. The Hall–Kier alpha value is -3.39.